The Morgan fingerprint density at radius 1 is 1.03 bits per heavy atom. The molecule has 3 aromatic rings. The van der Waals surface area contributed by atoms with E-state index in [4.69, 9.17) is 9.15 Å². The van der Waals surface area contributed by atoms with E-state index < -0.39 is 0 Å². The van der Waals surface area contributed by atoms with Crippen LogP contribution in [0.25, 0.3) is 0 Å². The van der Waals surface area contributed by atoms with Gasteiger partial charge < -0.3 is 19.4 Å². The molecular weight excluding hydrogens is 378 g/mol. The van der Waals surface area contributed by atoms with E-state index in [-0.39, 0.29) is 5.91 Å². The summed E-state index contributed by atoms with van der Waals surface area (Å²) < 4.78 is 11.1. The normalized spacial score (nSPS) is 14.5. The van der Waals surface area contributed by atoms with Crippen LogP contribution in [0.3, 0.4) is 0 Å². The minimum absolute atomic E-state index is 0.229. The molecule has 0 spiro atoms. The van der Waals surface area contributed by atoms with Crippen molar-refractivity contribution in [2.45, 2.75) is 13.5 Å². The average Bonchev–Trinajstić information content (AvgIpc) is 3.24. The van der Waals surface area contributed by atoms with Gasteiger partial charge in [-0.05, 0) is 43.3 Å². The van der Waals surface area contributed by atoms with Gasteiger partial charge in [-0.3, -0.25) is 9.69 Å². The Kier molecular flexibility index (Phi) is 6.05. The van der Waals surface area contributed by atoms with Gasteiger partial charge in [0, 0.05) is 43.6 Å². The van der Waals surface area contributed by atoms with Crippen molar-refractivity contribution < 1.29 is 13.9 Å². The molecule has 1 amide bonds. The Hall–Kier alpha value is -3.25. The summed E-state index contributed by atoms with van der Waals surface area (Å²) in [6.07, 6.45) is 0. The van der Waals surface area contributed by atoms with E-state index in [9.17, 15) is 4.79 Å². The summed E-state index contributed by atoms with van der Waals surface area (Å²) in [6, 6.07) is 19.5. The lowest BCUT2D eigenvalue weighted by Gasteiger charge is -2.35. The van der Waals surface area contributed by atoms with Crippen molar-refractivity contribution in [1.82, 2.24) is 4.90 Å². The molecule has 0 radical (unpaired) electrons. The van der Waals surface area contributed by atoms with Crippen LogP contribution in [-0.2, 0) is 6.54 Å². The second kappa shape index (κ2) is 9.05. The van der Waals surface area contributed by atoms with Gasteiger partial charge in [-0.1, -0.05) is 23.8 Å². The summed E-state index contributed by atoms with van der Waals surface area (Å²) >= 11 is 0. The van der Waals surface area contributed by atoms with Crippen molar-refractivity contribution in [2.24, 2.45) is 0 Å². The molecule has 1 aliphatic rings. The summed E-state index contributed by atoms with van der Waals surface area (Å²) in [6.45, 7) is 6.46. The number of anilines is 2. The minimum Gasteiger partial charge on any atom is -0.497 e. The highest BCUT2D eigenvalue weighted by molar-refractivity contribution is 6.02. The number of hydrogen-bond donors (Lipinski definition) is 1. The summed E-state index contributed by atoms with van der Waals surface area (Å²) in [5, 5.41) is 2.87. The third kappa shape index (κ3) is 4.83. The van der Waals surface area contributed by atoms with Crippen molar-refractivity contribution in [3.63, 3.8) is 0 Å². The number of furan rings is 1. The number of carbonyl (C=O) groups excluding carboxylic acids is 1. The first kappa shape index (κ1) is 20.0. The Balaban J connectivity index is 1.30. The summed E-state index contributed by atoms with van der Waals surface area (Å²) in [5.41, 5.74) is 3.10. The number of carbonyl (C=O) groups is 1. The number of aryl methyl sites for hydroxylation is 1. The highest BCUT2D eigenvalue weighted by atomic mass is 16.5. The first-order valence-corrected chi connectivity index (χ1v) is 10.2. The molecule has 2 heterocycles. The molecule has 6 nitrogen and oxygen atoms in total. The number of piperazine rings is 1. The molecule has 2 aromatic carbocycles. The lowest BCUT2D eigenvalue weighted by molar-refractivity contribution is 0.0992. The largest absolute Gasteiger partial charge is 0.497 e. The number of rotatable bonds is 6. The second-order valence-electron chi connectivity index (χ2n) is 7.55. The number of amides is 1. The van der Waals surface area contributed by atoms with Gasteiger partial charge in [0.1, 0.15) is 11.5 Å². The molecule has 1 fully saturated rings. The van der Waals surface area contributed by atoms with E-state index in [1.54, 1.807) is 13.2 Å². The van der Waals surface area contributed by atoms with Gasteiger partial charge in [-0.2, -0.15) is 0 Å². The van der Waals surface area contributed by atoms with Crippen molar-refractivity contribution >= 4 is 17.3 Å². The maximum atomic E-state index is 12.4. The topological polar surface area (TPSA) is 58.0 Å². The van der Waals surface area contributed by atoms with Gasteiger partial charge in [0.15, 0.2) is 5.76 Å². The van der Waals surface area contributed by atoms with Crippen molar-refractivity contribution in [3.05, 3.63) is 77.7 Å². The molecule has 0 aliphatic carbocycles. The quantitative estimate of drug-likeness (QED) is 0.667. The first-order valence-electron chi connectivity index (χ1n) is 10.2. The van der Waals surface area contributed by atoms with Crippen LogP contribution < -0.4 is 15.0 Å². The highest BCUT2D eigenvalue weighted by Gasteiger charge is 2.19. The first-order chi connectivity index (χ1) is 14.6. The molecule has 4 rings (SSSR count). The molecule has 0 atom stereocenters. The lowest BCUT2D eigenvalue weighted by Crippen LogP contribution is -2.45. The molecule has 0 unspecified atom stereocenters. The number of methoxy groups -OCH3 is 1. The van der Waals surface area contributed by atoms with Crippen molar-refractivity contribution in [1.29, 1.82) is 0 Å². The van der Waals surface area contributed by atoms with Gasteiger partial charge in [-0.25, -0.2) is 0 Å². The molecule has 1 saturated heterocycles. The predicted molar refractivity (Wildman–Crippen MR) is 118 cm³/mol. The minimum atomic E-state index is -0.229. The summed E-state index contributed by atoms with van der Waals surface area (Å²) in [4.78, 5) is 17.1. The molecule has 1 aromatic heterocycles. The molecule has 0 bridgehead atoms. The van der Waals surface area contributed by atoms with Crippen LogP contribution in [-0.4, -0.2) is 44.1 Å². The van der Waals surface area contributed by atoms with E-state index in [1.165, 1.54) is 5.69 Å². The van der Waals surface area contributed by atoms with E-state index in [0.717, 1.165) is 48.9 Å². The molecule has 30 heavy (non-hydrogen) atoms. The fraction of sp³-hybridized carbons (Fsp3) is 0.292. The lowest BCUT2D eigenvalue weighted by atomic mass is 10.2. The molecular formula is C24H27N3O3. The van der Waals surface area contributed by atoms with E-state index >= 15 is 0 Å². The van der Waals surface area contributed by atoms with Gasteiger partial charge in [-0.15, -0.1) is 0 Å². The van der Waals surface area contributed by atoms with E-state index in [2.05, 4.69) is 27.2 Å². The molecule has 1 N–H and O–H groups in total. The van der Waals surface area contributed by atoms with Crippen LogP contribution in [0, 0.1) is 6.92 Å². The zero-order chi connectivity index (χ0) is 20.9. The maximum absolute atomic E-state index is 12.4. The van der Waals surface area contributed by atoms with Crippen LogP contribution in [0.2, 0.25) is 0 Å². The van der Waals surface area contributed by atoms with Crippen LogP contribution >= 0.6 is 0 Å². The number of nitrogens with one attached hydrogen (secondary N) is 1. The van der Waals surface area contributed by atoms with Crippen LogP contribution in [0.1, 0.15) is 21.9 Å². The maximum Gasteiger partial charge on any atom is 0.291 e. The SMILES string of the molecule is COc1cccc(N2CCN(Cc3ccc(C(=O)Nc4ccc(C)cc4)o3)CC2)c1. The zero-order valence-electron chi connectivity index (χ0n) is 17.4. The smallest absolute Gasteiger partial charge is 0.291 e. The monoisotopic (exact) mass is 405 g/mol. The number of hydrogen-bond acceptors (Lipinski definition) is 5. The molecule has 156 valence electrons. The number of ether oxygens (including phenoxy) is 1. The van der Waals surface area contributed by atoms with Gasteiger partial charge in [0.05, 0.1) is 13.7 Å². The Morgan fingerprint density at radius 3 is 2.53 bits per heavy atom. The zero-order valence-corrected chi connectivity index (χ0v) is 17.4. The number of nitrogens with zero attached hydrogens (tertiary/aromatic N) is 2. The van der Waals surface area contributed by atoms with Crippen LogP contribution in [0.4, 0.5) is 11.4 Å². The molecule has 1 aliphatic heterocycles. The average molecular weight is 405 g/mol. The van der Waals surface area contributed by atoms with Crippen LogP contribution in [0.15, 0.2) is 65.1 Å². The molecule has 6 heteroatoms. The van der Waals surface area contributed by atoms with E-state index in [0.29, 0.717) is 12.3 Å². The Morgan fingerprint density at radius 2 is 1.80 bits per heavy atom. The second-order valence-corrected chi connectivity index (χ2v) is 7.55. The highest BCUT2D eigenvalue weighted by Crippen LogP contribution is 2.23. The fourth-order valence-electron chi connectivity index (χ4n) is 3.61. The van der Waals surface area contributed by atoms with Gasteiger partial charge in [0.25, 0.3) is 5.91 Å². The van der Waals surface area contributed by atoms with Crippen LogP contribution in [0.5, 0.6) is 5.75 Å². The number of benzene rings is 2. The summed E-state index contributed by atoms with van der Waals surface area (Å²) in [5.74, 6) is 1.79. The van der Waals surface area contributed by atoms with Crippen molar-refractivity contribution in [2.75, 3.05) is 43.5 Å². The molecule has 0 saturated carbocycles. The summed E-state index contributed by atoms with van der Waals surface area (Å²) in [7, 11) is 1.69. The Bertz CT molecular complexity index is 989. The van der Waals surface area contributed by atoms with Crippen molar-refractivity contribution in [3.8, 4) is 5.75 Å². The standard InChI is InChI=1S/C24H27N3O3/c1-18-6-8-19(9-7-18)25-24(28)23-11-10-22(30-23)17-26-12-14-27(15-13-26)20-4-3-5-21(16-20)29-2/h3-11,16H,12-15,17H2,1-2H3,(H,25,28). The predicted octanol–water partition coefficient (Wildman–Crippen LogP) is 4.17. The van der Waals surface area contributed by atoms with E-state index in [1.807, 2.05) is 49.4 Å². The van der Waals surface area contributed by atoms with Gasteiger partial charge >= 0.3 is 0 Å². The van der Waals surface area contributed by atoms with Gasteiger partial charge in [0.2, 0.25) is 0 Å². The third-order valence-corrected chi connectivity index (χ3v) is 5.37. The Labute approximate surface area is 177 Å². The fourth-order valence-corrected chi connectivity index (χ4v) is 3.61. The third-order valence-electron chi connectivity index (χ3n) is 5.37.